The van der Waals surface area contributed by atoms with Crippen LogP contribution in [0.1, 0.15) is 31.7 Å². The molecule has 4 rings (SSSR count). The Hall–Kier alpha value is -2.16. The number of imidazole rings is 1. The van der Waals surface area contributed by atoms with Gasteiger partial charge in [0.1, 0.15) is 11.8 Å². The first kappa shape index (κ1) is 11.6. The molecule has 0 saturated heterocycles. The fraction of sp³-hybridized carbons (Fsp3) is 0.571. The van der Waals surface area contributed by atoms with Crippen molar-refractivity contribution in [3.05, 3.63) is 12.7 Å². The molecule has 2 N–H and O–H groups in total. The number of hydrogen-bond acceptors (Lipinski definition) is 5. The molecule has 6 nitrogen and oxygen atoms in total. The van der Waals surface area contributed by atoms with Gasteiger partial charge in [-0.05, 0) is 37.5 Å². The molecule has 2 saturated carbocycles. The topological polar surface area (TPSA) is 93.4 Å². The molecule has 0 radical (unpaired) electrons. The number of nitriles is 1. The number of aromatic nitrogens is 4. The molecule has 0 amide bonds. The number of nitrogen functional groups attached to an aromatic ring is 1. The third kappa shape index (κ3) is 1.46. The van der Waals surface area contributed by atoms with E-state index in [1.807, 2.05) is 6.33 Å². The fourth-order valence-corrected chi connectivity index (χ4v) is 4.19. The predicted molar refractivity (Wildman–Crippen MR) is 73.3 cm³/mol. The summed E-state index contributed by atoms with van der Waals surface area (Å²) in [7, 11) is 0. The van der Waals surface area contributed by atoms with E-state index in [0.29, 0.717) is 29.2 Å². The molecule has 2 fully saturated rings. The summed E-state index contributed by atoms with van der Waals surface area (Å²) in [4.78, 5) is 12.7. The second kappa shape index (κ2) is 4.17. The molecule has 0 aliphatic heterocycles. The lowest BCUT2D eigenvalue weighted by Gasteiger charge is -2.20. The van der Waals surface area contributed by atoms with Crippen LogP contribution in [0, 0.1) is 29.1 Å². The molecule has 0 aromatic carbocycles. The molecule has 2 heterocycles. The summed E-state index contributed by atoms with van der Waals surface area (Å²) < 4.78 is 2.15. The lowest BCUT2D eigenvalue weighted by atomic mass is 9.92. The van der Waals surface area contributed by atoms with E-state index in [1.54, 1.807) is 0 Å². The number of anilines is 1. The fourth-order valence-electron chi connectivity index (χ4n) is 4.19. The van der Waals surface area contributed by atoms with E-state index in [4.69, 9.17) is 5.73 Å². The van der Waals surface area contributed by atoms with Crippen molar-refractivity contribution in [2.75, 3.05) is 5.73 Å². The minimum Gasteiger partial charge on any atom is -0.382 e. The van der Waals surface area contributed by atoms with Gasteiger partial charge in [0, 0.05) is 12.0 Å². The summed E-state index contributed by atoms with van der Waals surface area (Å²) >= 11 is 0. The summed E-state index contributed by atoms with van der Waals surface area (Å²) in [6.45, 7) is 0. The lowest BCUT2D eigenvalue weighted by Crippen LogP contribution is -2.16. The molecule has 2 aromatic rings. The third-order valence-electron chi connectivity index (χ3n) is 5.08. The first-order valence-electron chi connectivity index (χ1n) is 7.12. The van der Waals surface area contributed by atoms with Crippen molar-refractivity contribution in [1.29, 1.82) is 5.26 Å². The molecular formula is C14H16N6. The molecule has 2 aromatic heterocycles. The standard InChI is InChI=1S/C14H16N6/c15-5-8-1-2-10-9(8)3-4-11(10)20-7-19-12-13(16)17-6-18-14(12)20/h6-11H,1-4H2,(H2,16,17,18)/t8-,9-,10+,11+/m1/s1. The average Bonchev–Trinajstić information content (AvgIpc) is 3.11. The SMILES string of the molecule is N#C[C@H]1CC[C@H]2[C@@H]1CC[C@@H]2n1cnc2c(N)ncnc21. The van der Waals surface area contributed by atoms with Gasteiger partial charge in [-0.25, -0.2) is 15.0 Å². The van der Waals surface area contributed by atoms with Crippen LogP contribution >= 0.6 is 0 Å². The highest BCUT2D eigenvalue weighted by molar-refractivity contribution is 5.81. The van der Waals surface area contributed by atoms with E-state index in [1.165, 1.54) is 6.33 Å². The summed E-state index contributed by atoms with van der Waals surface area (Å²) in [6.07, 6.45) is 7.73. The van der Waals surface area contributed by atoms with Crippen LogP contribution < -0.4 is 5.73 Å². The van der Waals surface area contributed by atoms with Crippen molar-refractivity contribution in [3.8, 4) is 6.07 Å². The average molecular weight is 268 g/mol. The van der Waals surface area contributed by atoms with Crippen molar-refractivity contribution < 1.29 is 0 Å². The van der Waals surface area contributed by atoms with Crippen molar-refractivity contribution in [1.82, 2.24) is 19.5 Å². The number of rotatable bonds is 1. The normalized spacial score (nSPS) is 32.4. The first-order valence-corrected chi connectivity index (χ1v) is 7.12. The van der Waals surface area contributed by atoms with Crippen LogP contribution in [0.3, 0.4) is 0 Å². The van der Waals surface area contributed by atoms with Gasteiger partial charge in [-0.15, -0.1) is 0 Å². The third-order valence-corrected chi connectivity index (χ3v) is 5.08. The van der Waals surface area contributed by atoms with Crippen LogP contribution in [-0.4, -0.2) is 19.5 Å². The van der Waals surface area contributed by atoms with Crippen molar-refractivity contribution in [2.45, 2.75) is 31.7 Å². The predicted octanol–water partition coefficient (Wildman–Crippen LogP) is 1.91. The number of nitrogens with two attached hydrogens (primary N) is 1. The maximum Gasteiger partial charge on any atom is 0.165 e. The Balaban J connectivity index is 1.75. The molecule has 0 unspecified atom stereocenters. The van der Waals surface area contributed by atoms with Crippen LogP contribution in [0.4, 0.5) is 5.82 Å². The van der Waals surface area contributed by atoms with Gasteiger partial charge in [0.2, 0.25) is 0 Å². The van der Waals surface area contributed by atoms with Crippen LogP contribution in [0.25, 0.3) is 11.2 Å². The molecular weight excluding hydrogens is 252 g/mol. The second-order valence-electron chi connectivity index (χ2n) is 5.87. The largest absolute Gasteiger partial charge is 0.382 e. The molecule has 0 bridgehead atoms. The quantitative estimate of drug-likeness (QED) is 0.852. The van der Waals surface area contributed by atoms with Crippen molar-refractivity contribution in [3.63, 3.8) is 0 Å². The van der Waals surface area contributed by atoms with Gasteiger partial charge in [-0.2, -0.15) is 5.26 Å². The second-order valence-corrected chi connectivity index (χ2v) is 5.87. The maximum absolute atomic E-state index is 9.23. The van der Waals surface area contributed by atoms with Crippen LogP contribution in [0.5, 0.6) is 0 Å². The van der Waals surface area contributed by atoms with Gasteiger partial charge in [-0.1, -0.05) is 0 Å². The first-order chi connectivity index (χ1) is 9.79. The number of nitrogens with zero attached hydrogens (tertiary/aromatic N) is 5. The smallest absolute Gasteiger partial charge is 0.165 e. The van der Waals surface area contributed by atoms with Gasteiger partial charge in [0.05, 0.1) is 12.4 Å². The van der Waals surface area contributed by atoms with E-state index in [9.17, 15) is 5.26 Å². The van der Waals surface area contributed by atoms with Gasteiger partial charge >= 0.3 is 0 Å². The zero-order valence-electron chi connectivity index (χ0n) is 11.1. The van der Waals surface area contributed by atoms with Crippen LogP contribution in [-0.2, 0) is 0 Å². The molecule has 102 valence electrons. The van der Waals surface area contributed by atoms with E-state index < -0.39 is 0 Å². The Kier molecular flexibility index (Phi) is 2.43. The Morgan fingerprint density at radius 1 is 1.15 bits per heavy atom. The minimum atomic E-state index is 0.236. The Morgan fingerprint density at radius 3 is 2.85 bits per heavy atom. The van der Waals surface area contributed by atoms with Gasteiger partial charge in [-0.3, -0.25) is 0 Å². The number of hydrogen-bond donors (Lipinski definition) is 1. The number of fused-ring (bicyclic) bond motifs is 2. The summed E-state index contributed by atoms with van der Waals surface area (Å²) in [6, 6.07) is 2.88. The molecule has 0 spiro atoms. The minimum absolute atomic E-state index is 0.236. The zero-order valence-corrected chi connectivity index (χ0v) is 11.1. The Bertz CT molecular complexity index is 699. The van der Waals surface area contributed by atoms with Crippen LogP contribution in [0.15, 0.2) is 12.7 Å². The highest BCUT2D eigenvalue weighted by Crippen LogP contribution is 2.52. The van der Waals surface area contributed by atoms with Gasteiger partial charge in [0.25, 0.3) is 0 Å². The zero-order chi connectivity index (χ0) is 13.7. The van der Waals surface area contributed by atoms with E-state index in [2.05, 4.69) is 25.6 Å². The summed E-state index contributed by atoms with van der Waals surface area (Å²) in [5, 5.41) is 9.23. The summed E-state index contributed by atoms with van der Waals surface area (Å²) in [5.74, 6) is 1.79. The van der Waals surface area contributed by atoms with Gasteiger partial charge in [0.15, 0.2) is 11.5 Å². The molecule has 20 heavy (non-hydrogen) atoms. The highest BCUT2D eigenvalue weighted by Gasteiger charge is 2.45. The molecule has 2 aliphatic carbocycles. The highest BCUT2D eigenvalue weighted by atomic mass is 15.2. The Morgan fingerprint density at radius 2 is 2.00 bits per heavy atom. The Labute approximate surface area is 116 Å². The molecule has 4 atom stereocenters. The van der Waals surface area contributed by atoms with Gasteiger partial charge < -0.3 is 10.3 Å². The maximum atomic E-state index is 9.23. The van der Waals surface area contributed by atoms with E-state index in [-0.39, 0.29) is 5.92 Å². The molecule has 6 heteroatoms. The molecule has 2 aliphatic rings. The van der Waals surface area contributed by atoms with Crippen LogP contribution in [0.2, 0.25) is 0 Å². The summed E-state index contributed by atoms with van der Waals surface area (Å²) in [5.41, 5.74) is 7.36. The monoisotopic (exact) mass is 268 g/mol. The van der Waals surface area contributed by atoms with Crippen molar-refractivity contribution in [2.24, 2.45) is 17.8 Å². The lowest BCUT2D eigenvalue weighted by molar-refractivity contribution is 0.339. The van der Waals surface area contributed by atoms with Crippen molar-refractivity contribution >= 4 is 17.0 Å². The van der Waals surface area contributed by atoms with E-state index in [0.717, 1.165) is 31.3 Å². The van der Waals surface area contributed by atoms with E-state index >= 15 is 0 Å².